The number of phenolic OH excluding ortho intramolecular Hbond substituents is 1. The van der Waals surface area contributed by atoms with Crippen LogP contribution in [0.2, 0.25) is 0 Å². The van der Waals surface area contributed by atoms with Gasteiger partial charge in [-0.1, -0.05) is 11.3 Å². The molecule has 2 atom stereocenters. The molecular formula is C12H17N5O2. The predicted molar refractivity (Wildman–Crippen MR) is 68.8 cm³/mol. The Morgan fingerprint density at radius 3 is 2.68 bits per heavy atom. The lowest BCUT2D eigenvalue weighted by molar-refractivity contribution is 0.401. The van der Waals surface area contributed by atoms with E-state index < -0.39 is 0 Å². The van der Waals surface area contributed by atoms with E-state index >= 15 is 0 Å². The van der Waals surface area contributed by atoms with Gasteiger partial charge in [0.2, 0.25) is 0 Å². The largest absolute Gasteiger partial charge is 0.507 e. The molecule has 7 heteroatoms. The summed E-state index contributed by atoms with van der Waals surface area (Å²) >= 11 is 0. The molecule has 1 aromatic carbocycles. The number of nitrogens with one attached hydrogen (secondary N) is 2. The highest BCUT2D eigenvalue weighted by Crippen LogP contribution is 2.29. The molecule has 19 heavy (non-hydrogen) atoms. The first-order chi connectivity index (χ1) is 9.11. The monoisotopic (exact) mass is 263 g/mol. The quantitative estimate of drug-likeness (QED) is 0.753. The number of benzene rings is 1. The van der Waals surface area contributed by atoms with Crippen LogP contribution in [-0.2, 0) is 0 Å². The zero-order valence-electron chi connectivity index (χ0n) is 11.1. The van der Waals surface area contributed by atoms with Crippen molar-refractivity contribution in [2.75, 3.05) is 7.11 Å². The maximum Gasteiger partial charge on any atom is 0.191 e. The summed E-state index contributed by atoms with van der Waals surface area (Å²) in [5.41, 5.74) is 0.788. The van der Waals surface area contributed by atoms with Gasteiger partial charge in [-0.3, -0.25) is 0 Å². The first-order valence-corrected chi connectivity index (χ1v) is 5.98. The lowest BCUT2D eigenvalue weighted by Gasteiger charge is -2.19. The minimum atomic E-state index is -0.0738. The number of phenols is 1. The number of aromatic amines is 1. The number of ether oxygens (including phenoxy) is 1. The number of aromatic nitrogens is 4. The van der Waals surface area contributed by atoms with Crippen LogP contribution in [0.3, 0.4) is 0 Å². The van der Waals surface area contributed by atoms with Crippen molar-refractivity contribution in [1.82, 2.24) is 25.9 Å². The second kappa shape index (κ2) is 5.66. The lowest BCUT2D eigenvalue weighted by Crippen LogP contribution is -2.23. The third-order valence-corrected chi connectivity index (χ3v) is 2.95. The van der Waals surface area contributed by atoms with E-state index in [9.17, 15) is 5.11 Å². The van der Waals surface area contributed by atoms with E-state index in [1.807, 2.05) is 26.0 Å². The highest BCUT2D eigenvalue weighted by molar-refractivity contribution is 5.41. The van der Waals surface area contributed by atoms with Crippen molar-refractivity contribution < 1.29 is 9.84 Å². The van der Waals surface area contributed by atoms with Crippen LogP contribution in [0, 0.1) is 0 Å². The lowest BCUT2D eigenvalue weighted by atomic mass is 10.1. The standard InChI is InChI=1S/C12H17N5O2/c1-7(13-8(2)12-14-16-17-15-12)10-5-4-9(19-3)6-11(10)18/h4-8,13,18H,1-3H3,(H,14,15,16,17). The van der Waals surface area contributed by atoms with E-state index in [2.05, 4.69) is 25.9 Å². The zero-order chi connectivity index (χ0) is 13.8. The molecule has 0 saturated heterocycles. The summed E-state index contributed by atoms with van der Waals surface area (Å²) in [4.78, 5) is 0. The number of hydrogen-bond donors (Lipinski definition) is 3. The molecule has 2 rings (SSSR count). The number of methoxy groups -OCH3 is 1. The van der Waals surface area contributed by atoms with Crippen LogP contribution in [0.25, 0.3) is 0 Å². The average Bonchev–Trinajstić information content (AvgIpc) is 2.92. The molecule has 3 N–H and O–H groups in total. The number of aromatic hydroxyl groups is 1. The fraction of sp³-hybridized carbons (Fsp3) is 0.417. The molecular weight excluding hydrogens is 246 g/mol. The van der Waals surface area contributed by atoms with E-state index in [0.29, 0.717) is 11.6 Å². The van der Waals surface area contributed by atoms with Crippen molar-refractivity contribution in [3.05, 3.63) is 29.6 Å². The van der Waals surface area contributed by atoms with Gasteiger partial charge in [0.05, 0.1) is 13.2 Å². The summed E-state index contributed by atoms with van der Waals surface area (Å²) in [5.74, 6) is 1.40. The Morgan fingerprint density at radius 2 is 2.11 bits per heavy atom. The van der Waals surface area contributed by atoms with Crippen LogP contribution in [0.15, 0.2) is 18.2 Å². The van der Waals surface area contributed by atoms with Crippen molar-refractivity contribution >= 4 is 0 Å². The molecule has 2 aromatic rings. The smallest absolute Gasteiger partial charge is 0.191 e. The van der Waals surface area contributed by atoms with Gasteiger partial charge in [-0.2, -0.15) is 5.21 Å². The van der Waals surface area contributed by atoms with Crippen LogP contribution in [0.1, 0.15) is 37.3 Å². The Labute approximate surface area is 111 Å². The molecule has 0 bridgehead atoms. The second-order valence-corrected chi connectivity index (χ2v) is 4.30. The van der Waals surface area contributed by atoms with Crippen molar-refractivity contribution in [1.29, 1.82) is 0 Å². The first-order valence-electron chi connectivity index (χ1n) is 5.98. The number of tetrazole rings is 1. The Balaban J connectivity index is 2.09. The van der Waals surface area contributed by atoms with Gasteiger partial charge in [0, 0.05) is 17.7 Å². The average molecular weight is 263 g/mol. The van der Waals surface area contributed by atoms with Crippen LogP contribution >= 0.6 is 0 Å². The van der Waals surface area contributed by atoms with Crippen molar-refractivity contribution in [3.63, 3.8) is 0 Å². The third-order valence-electron chi connectivity index (χ3n) is 2.95. The first kappa shape index (κ1) is 13.3. The van der Waals surface area contributed by atoms with E-state index in [1.165, 1.54) is 0 Å². The van der Waals surface area contributed by atoms with Gasteiger partial charge < -0.3 is 15.2 Å². The second-order valence-electron chi connectivity index (χ2n) is 4.30. The molecule has 0 aliphatic carbocycles. The SMILES string of the molecule is COc1ccc(C(C)NC(C)c2nn[nH]n2)c(O)c1. The Bertz CT molecular complexity index is 529. The molecule has 1 aromatic heterocycles. The number of nitrogens with zero attached hydrogens (tertiary/aromatic N) is 3. The van der Waals surface area contributed by atoms with Crippen molar-refractivity contribution in [3.8, 4) is 11.5 Å². The zero-order valence-corrected chi connectivity index (χ0v) is 11.1. The maximum absolute atomic E-state index is 9.97. The molecule has 2 unspecified atom stereocenters. The molecule has 1 heterocycles. The summed E-state index contributed by atoms with van der Waals surface area (Å²) in [6, 6.07) is 5.10. The summed E-state index contributed by atoms with van der Waals surface area (Å²) in [5, 5.41) is 27.0. The number of H-pyrrole nitrogens is 1. The summed E-state index contributed by atoms with van der Waals surface area (Å²) < 4.78 is 5.06. The topological polar surface area (TPSA) is 96.0 Å². The fourth-order valence-electron chi connectivity index (χ4n) is 1.91. The van der Waals surface area contributed by atoms with Gasteiger partial charge >= 0.3 is 0 Å². The Morgan fingerprint density at radius 1 is 1.32 bits per heavy atom. The van der Waals surface area contributed by atoms with Crippen LogP contribution in [0.5, 0.6) is 11.5 Å². The molecule has 0 radical (unpaired) electrons. The summed E-state index contributed by atoms with van der Waals surface area (Å²) in [7, 11) is 1.56. The molecule has 0 aliphatic rings. The Kier molecular flexibility index (Phi) is 3.96. The maximum atomic E-state index is 9.97. The number of hydrogen-bond acceptors (Lipinski definition) is 6. The molecule has 0 amide bonds. The molecule has 102 valence electrons. The van der Waals surface area contributed by atoms with Crippen molar-refractivity contribution in [2.45, 2.75) is 25.9 Å². The molecule has 7 nitrogen and oxygen atoms in total. The predicted octanol–water partition coefficient (Wildman–Crippen LogP) is 1.33. The molecule has 0 saturated carbocycles. The molecule has 0 fully saturated rings. The third kappa shape index (κ3) is 3.00. The molecule has 0 spiro atoms. The number of rotatable bonds is 5. The van der Waals surface area contributed by atoms with Crippen LogP contribution in [-0.4, -0.2) is 32.8 Å². The Hall–Kier alpha value is -2.15. The summed E-state index contributed by atoms with van der Waals surface area (Å²) in [6.45, 7) is 3.89. The highest BCUT2D eigenvalue weighted by atomic mass is 16.5. The van der Waals surface area contributed by atoms with Gasteiger partial charge in [-0.15, -0.1) is 10.2 Å². The minimum absolute atomic E-state index is 0.0561. The van der Waals surface area contributed by atoms with Crippen molar-refractivity contribution in [2.24, 2.45) is 0 Å². The van der Waals surface area contributed by atoms with Crippen LogP contribution in [0.4, 0.5) is 0 Å². The highest BCUT2D eigenvalue weighted by Gasteiger charge is 2.17. The van der Waals surface area contributed by atoms with E-state index in [1.54, 1.807) is 13.2 Å². The van der Waals surface area contributed by atoms with Gasteiger partial charge in [-0.05, 0) is 19.9 Å². The normalized spacial score (nSPS) is 14.1. The fourth-order valence-corrected chi connectivity index (χ4v) is 1.91. The van der Waals surface area contributed by atoms with Gasteiger partial charge in [0.25, 0.3) is 0 Å². The van der Waals surface area contributed by atoms with E-state index in [0.717, 1.165) is 5.56 Å². The summed E-state index contributed by atoms with van der Waals surface area (Å²) in [6.07, 6.45) is 0. The minimum Gasteiger partial charge on any atom is -0.507 e. The van der Waals surface area contributed by atoms with E-state index in [4.69, 9.17) is 4.74 Å². The van der Waals surface area contributed by atoms with Gasteiger partial charge in [0.1, 0.15) is 11.5 Å². The van der Waals surface area contributed by atoms with Gasteiger partial charge in [-0.25, -0.2) is 0 Å². The van der Waals surface area contributed by atoms with E-state index in [-0.39, 0.29) is 17.8 Å². The molecule has 0 aliphatic heterocycles. The van der Waals surface area contributed by atoms with Crippen LogP contribution < -0.4 is 10.1 Å². The van der Waals surface area contributed by atoms with Gasteiger partial charge in [0.15, 0.2) is 5.82 Å².